The minimum atomic E-state index is 0.241. The summed E-state index contributed by atoms with van der Waals surface area (Å²) in [5.41, 5.74) is 0.835. The lowest BCUT2D eigenvalue weighted by Gasteiger charge is -2.35. The molecular formula is C23H28N8O2. The molecule has 33 heavy (non-hydrogen) atoms. The Labute approximate surface area is 193 Å². The number of rotatable bonds is 7. The monoisotopic (exact) mass is 448 g/mol. The van der Waals surface area contributed by atoms with Crippen LogP contribution in [0.5, 0.6) is 11.5 Å². The molecule has 0 amide bonds. The number of anilines is 5. The van der Waals surface area contributed by atoms with Crippen LogP contribution in [0.1, 0.15) is 13.8 Å². The second kappa shape index (κ2) is 9.35. The number of aromatic nitrogens is 4. The Morgan fingerprint density at radius 2 is 1.70 bits per heavy atom. The van der Waals surface area contributed by atoms with Gasteiger partial charge in [-0.3, -0.25) is 0 Å². The van der Waals surface area contributed by atoms with Gasteiger partial charge < -0.3 is 29.5 Å². The minimum absolute atomic E-state index is 0.241. The van der Waals surface area contributed by atoms with E-state index in [9.17, 15) is 0 Å². The Hall–Kier alpha value is -3.82. The second-order valence-corrected chi connectivity index (χ2v) is 7.79. The SMILES string of the molecule is CCN(CC)c1nc(Nc2ccc3c(c2)OCO3)nc(N2CCN(c3ccccn3)CC2)n1. The van der Waals surface area contributed by atoms with Gasteiger partial charge in [-0.15, -0.1) is 0 Å². The van der Waals surface area contributed by atoms with Crippen LogP contribution in [0.4, 0.5) is 29.4 Å². The first-order chi connectivity index (χ1) is 16.2. The molecule has 5 rings (SSSR count). The lowest BCUT2D eigenvalue weighted by molar-refractivity contribution is 0.174. The van der Waals surface area contributed by atoms with Crippen molar-refractivity contribution in [3.63, 3.8) is 0 Å². The Morgan fingerprint density at radius 1 is 0.909 bits per heavy atom. The summed E-state index contributed by atoms with van der Waals surface area (Å²) in [6.07, 6.45) is 1.83. The number of nitrogens with one attached hydrogen (secondary N) is 1. The van der Waals surface area contributed by atoms with Crippen molar-refractivity contribution >= 4 is 29.4 Å². The van der Waals surface area contributed by atoms with Gasteiger partial charge in [-0.25, -0.2) is 4.98 Å². The first-order valence-corrected chi connectivity index (χ1v) is 11.3. The van der Waals surface area contributed by atoms with E-state index in [0.29, 0.717) is 23.6 Å². The summed E-state index contributed by atoms with van der Waals surface area (Å²) in [5, 5.41) is 3.32. The van der Waals surface area contributed by atoms with Gasteiger partial charge in [0.05, 0.1) is 0 Å². The van der Waals surface area contributed by atoms with E-state index in [1.165, 1.54) is 0 Å². The van der Waals surface area contributed by atoms with E-state index in [4.69, 9.17) is 24.4 Å². The number of piperazine rings is 1. The first-order valence-electron chi connectivity index (χ1n) is 11.3. The van der Waals surface area contributed by atoms with Gasteiger partial charge in [-0.2, -0.15) is 15.0 Å². The number of hydrogen-bond donors (Lipinski definition) is 1. The number of hydrogen-bond acceptors (Lipinski definition) is 10. The molecule has 0 atom stereocenters. The third-order valence-electron chi connectivity index (χ3n) is 5.82. The summed E-state index contributed by atoms with van der Waals surface area (Å²) in [5.74, 6) is 4.31. The van der Waals surface area contributed by atoms with Crippen molar-refractivity contribution in [1.29, 1.82) is 0 Å². The van der Waals surface area contributed by atoms with Crippen molar-refractivity contribution < 1.29 is 9.47 Å². The highest BCUT2D eigenvalue weighted by atomic mass is 16.7. The van der Waals surface area contributed by atoms with Crippen molar-refractivity contribution in [1.82, 2.24) is 19.9 Å². The lowest BCUT2D eigenvalue weighted by Crippen LogP contribution is -2.47. The molecule has 1 saturated heterocycles. The molecule has 172 valence electrons. The molecule has 4 heterocycles. The van der Waals surface area contributed by atoms with Crippen LogP contribution in [0.15, 0.2) is 42.6 Å². The van der Waals surface area contributed by atoms with Crippen LogP contribution in [0.25, 0.3) is 0 Å². The highest BCUT2D eigenvalue weighted by Crippen LogP contribution is 2.35. The Kier molecular flexibility index (Phi) is 5.97. The predicted molar refractivity (Wildman–Crippen MR) is 128 cm³/mol. The summed E-state index contributed by atoms with van der Waals surface area (Å²) >= 11 is 0. The van der Waals surface area contributed by atoms with Crippen molar-refractivity contribution in [3.8, 4) is 11.5 Å². The van der Waals surface area contributed by atoms with E-state index >= 15 is 0 Å². The Morgan fingerprint density at radius 3 is 2.45 bits per heavy atom. The number of ether oxygens (including phenoxy) is 2. The van der Waals surface area contributed by atoms with Crippen LogP contribution in [0, 0.1) is 0 Å². The summed E-state index contributed by atoms with van der Waals surface area (Å²) in [6, 6.07) is 11.7. The highest BCUT2D eigenvalue weighted by molar-refractivity contribution is 5.61. The van der Waals surface area contributed by atoms with Crippen molar-refractivity contribution in [2.45, 2.75) is 13.8 Å². The number of nitrogens with zero attached hydrogens (tertiary/aromatic N) is 7. The minimum Gasteiger partial charge on any atom is -0.454 e. The maximum absolute atomic E-state index is 5.50. The standard InChI is InChI=1S/C23H28N8O2/c1-3-29(4-2)22-26-21(25-17-8-9-18-19(15-17)33-16-32-18)27-23(28-22)31-13-11-30(12-14-31)20-7-5-6-10-24-20/h5-10,15H,3-4,11-14,16H2,1-2H3,(H,25,26,27,28). The second-order valence-electron chi connectivity index (χ2n) is 7.79. The summed E-state index contributed by atoms with van der Waals surface area (Å²) in [4.78, 5) is 25.4. The lowest BCUT2D eigenvalue weighted by atomic mass is 10.3. The average Bonchev–Trinajstić information content (AvgIpc) is 3.33. The third-order valence-corrected chi connectivity index (χ3v) is 5.82. The molecule has 1 aromatic carbocycles. The van der Waals surface area contributed by atoms with Crippen molar-refractivity contribution in [2.24, 2.45) is 0 Å². The van der Waals surface area contributed by atoms with Gasteiger partial charge in [0.2, 0.25) is 24.6 Å². The van der Waals surface area contributed by atoms with Gasteiger partial charge >= 0.3 is 0 Å². The Balaban J connectivity index is 1.38. The van der Waals surface area contributed by atoms with E-state index in [1.807, 2.05) is 42.6 Å². The van der Waals surface area contributed by atoms with Gasteiger partial charge in [0.1, 0.15) is 5.82 Å². The molecule has 2 aliphatic heterocycles. The van der Waals surface area contributed by atoms with Crippen molar-refractivity contribution in [2.75, 3.05) is 66.1 Å². The smallest absolute Gasteiger partial charge is 0.233 e. The number of pyridine rings is 1. The van der Waals surface area contributed by atoms with Crippen LogP contribution in [0.3, 0.4) is 0 Å². The fraction of sp³-hybridized carbons (Fsp3) is 0.391. The molecule has 0 aliphatic carbocycles. The van der Waals surface area contributed by atoms with E-state index in [1.54, 1.807) is 0 Å². The molecular weight excluding hydrogens is 420 g/mol. The molecule has 0 saturated carbocycles. The zero-order valence-electron chi connectivity index (χ0n) is 18.9. The van der Waals surface area contributed by atoms with Crippen LogP contribution in [-0.4, -0.2) is 66.0 Å². The maximum atomic E-state index is 5.50. The van der Waals surface area contributed by atoms with Crippen LogP contribution in [-0.2, 0) is 0 Å². The average molecular weight is 449 g/mol. The molecule has 1 N–H and O–H groups in total. The topological polar surface area (TPSA) is 91.8 Å². The molecule has 2 aliphatic rings. The van der Waals surface area contributed by atoms with E-state index in [-0.39, 0.29) is 6.79 Å². The van der Waals surface area contributed by atoms with Gasteiger partial charge in [0.15, 0.2) is 11.5 Å². The molecule has 0 unspecified atom stereocenters. The van der Waals surface area contributed by atoms with Gasteiger partial charge in [0.25, 0.3) is 0 Å². The maximum Gasteiger partial charge on any atom is 0.233 e. The zero-order valence-corrected chi connectivity index (χ0v) is 18.9. The van der Waals surface area contributed by atoms with Crippen molar-refractivity contribution in [3.05, 3.63) is 42.6 Å². The molecule has 10 heteroatoms. The largest absolute Gasteiger partial charge is 0.454 e. The molecule has 2 aromatic heterocycles. The fourth-order valence-corrected chi connectivity index (χ4v) is 3.98. The molecule has 0 bridgehead atoms. The molecule has 0 spiro atoms. The van der Waals surface area contributed by atoms with Crippen LogP contribution < -0.4 is 29.5 Å². The zero-order chi connectivity index (χ0) is 22.6. The Bertz CT molecular complexity index is 1090. The number of benzene rings is 1. The summed E-state index contributed by atoms with van der Waals surface area (Å²) < 4.78 is 10.9. The predicted octanol–water partition coefficient (Wildman–Crippen LogP) is 2.91. The van der Waals surface area contributed by atoms with Crippen LogP contribution >= 0.6 is 0 Å². The number of fused-ring (bicyclic) bond motifs is 1. The quantitative estimate of drug-likeness (QED) is 0.582. The molecule has 3 aromatic rings. The molecule has 1 fully saturated rings. The normalized spacial score (nSPS) is 15.0. The van der Waals surface area contributed by atoms with E-state index < -0.39 is 0 Å². The molecule has 0 radical (unpaired) electrons. The summed E-state index contributed by atoms with van der Waals surface area (Å²) in [7, 11) is 0. The fourth-order valence-electron chi connectivity index (χ4n) is 3.98. The van der Waals surface area contributed by atoms with Crippen LogP contribution in [0.2, 0.25) is 0 Å². The van der Waals surface area contributed by atoms with Gasteiger partial charge in [0, 0.05) is 57.2 Å². The molecule has 10 nitrogen and oxygen atoms in total. The van der Waals surface area contributed by atoms with Gasteiger partial charge in [-0.05, 0) is 38.1 Å². The third kappa shape index (κ3) is 4.55. The van der Waals surface area contributed by atoms with E-state index in [0.717, 1.165) is 56.5 Å². The first kappa shape index (κ1) is 21.0. The summed E-state index contributed by atoms with van der Waals surface area (Å²) in [6.45, 7) is 9.40. The van der Waals surface area contributed by atoms with E-state index in [2.05, 4.69) is 38.8 Å². The highest BCUT2D eigenvalue weighted by Gasteiger charge is 2.22. The van der Waals surface area contributed by atoms with Gasteiger partial charge in [-0.1, -0.05) is 6.07 Å².